The van der Waals surface area contributed by atoms with Crippen LogP contribution in [0.5, 0.6) is 5.75 Å². The van der Waals surface area contributed by atoms with Crippen molar-refractivity contribution in [3.05, 3.63) is 35.2 Å². The van der Waals surface area contributed by atoms with Gasteiger partial charge in [-0.25, -0.2) is 0 Å². The van der Waals surface area contributed by atoms with Crippen LogP contribution in [0.15, 0.2) is 22.7 Å². The Kier molecular flexibility index (Phi) is 3.93. The molecule has 25 heavy (non-hydrogen) atoms. The average Bonchev–Trinajstić information content (AvgIpc) is 2.78. The van der Waals surface area contributed by atoms with Crippen LogP contribution in [0.25, 0.3) is 11.1 Å². The summed E-state index contributed by atoms with van der Waals surface area (Å²) < 4.78 is 5.29. The number of hydrogen-bond donors (Lipinski definition) is 1. The summed E-state index contributed by atoms with van der Waals surface area (Å²) in [7, 11) is 0. The zero-order valence-electron chi connectivity index (χ0n) is 15.8. The van der Waals surface area contributed by atoms with Crippen LogP contribution >= 0.6 is 0 Å². The number of aromatic hydroxyl groups is 1. The van der Waals surface area contributed by atoms with Gasteiger partial charge in [-0.15, -0.1) is 0 Å². The fraction of sp³-hybridized carbons (Fsp3) is 0.591. The molecule has 0 amide bonds. The summed E-state index contributed by atoms with van der Waals surface area (Å²) in [5, 5.41) is 14.2. The van der Waals surface area contributed by atoms with Crippen LogP contribution in [0.4, 0.5) is 0 Å². The van der Waals surface area contributed by atoms with E-state index in [1.807, 2.05) is 26.0 Å². The standard InChI is InChI=1S/C22H29NO2/c1-13(2)19-11-22(12-19)9-17(10-22)5-16-6-18(8-20(24)7-16)21-14(3)23-25-15(21)4/h6-8,13,17,19,24H,5,9-12H2,1-4H3. The molecular formula is C22H29NO2. The van der Waals surface area contributed by atoms with Crippen molar-refractivity contribution in [2.24, 2.45) is 23.2 Å². The Morgan fingerprint density at radius 1 is 1.16 bits per heavy atom. The minimum atomic E-state index is 0.338. The first-order chi connectivity index (χ1) is 11.8. The van der Waals surface area contributed by atoms with Crippen molar-refractivity contribution in [2.75, 3.05) is 0 Å². The number of phenols is 1. The first kappa shape index (κ1) is 16.7. The van der Waals surface area contributed by atoms with E-state index in [0.717, 1.165) is 46.8 Å². The zero-order valence-corrected chi connectivity index (χ0v) is 15.8. The highest BCUT2D eigenvalue weighted by Gasteiger charge is 2.52. The molecule has 1 heterocycles. The predicted octanol–water partition coefficient (Wildman–Crippen LogP) is 5.67. The van der Waals surface area contributed by atoms with Gasteiger partial charge in [0, 0.05) is 5.56 Å². The van der Waals surface area contributed by atoms with E-state index in [1.165, 1.54) is 31.2 Å². The van der Waals surface area contributed by atoms with Gasteiger partial charge in [-0.1, -0.05) is 25.1 Å². The van der Waals surface area contributed by atoms with E-state index in [2.05, 4.69) is 25.1 Å². The minimum absolute atomic E-state index is 0.338. The van der Waals surface area contributed by atoms with Crippen LogP contribution in [0.2, 0.25) is 0 Å². The van der Waals surface area contributed by atoms with Gasteiger partial charge in [0.1, 0.15) is 11.5 Å². The minimum Gasteiger partial charge on any atom is -0.508 e. The molecule has 2 saturated carbocycles. The lowest BCUT2D eigenvalue weighted by Gasteiger charge is -2.59. The highest BCUT2D eigenvalue weighted by molar-refractivity contribution is 5.69. The van der Waals surface area contributed by atoms with Crippen molar-refractivity contribution in [2.45, 2.75) is 59.8 Å². The summed E-state index contributed by atoms with van der Waals surface area (Å²) in [6.45, 7) is 8.59. The van der Waals surface area contributed by atoms with Gasteiger partial charge in [0.25, 0.3) is 0 Å². The van der Waals surface area contributed by atoms with E-state index in [1.54, 1.807) is 0 Å². The van der Waals surface area contributed by atoms with Crippen LogP contribution in [-0.4, -0.2) is 10.3 Å². The molecule has 3 nitrogen and oxygen atoms in total. The summed E-state index contributed by atoms with van der Waals surface area (Å²) in [6.07, 6.45) is 6.68. The second-order valence-electron chi connectivity index (χ2n) is 8.98. The molecular weight excluding hydrogens is 310 g/mol. The third-order valence-corrected chi connectivity index (χ3v) is 6.60. The topological polar surface area (TPSA) is 46.3 Å². The number of nitrogens with zero attached hydrogens (tertiary/aromatic N) is 1. The number of hydrogen-bond acceptors (Lipinski definition) is 3. The number of rotatable bonds is 4. The Bertz CT molecular complexity index is 756. The van der Waals surface area contributed by atoms with E-state index in [-0.39, 0.29) is 0 Å². The Labute approximate surface area is 150 Å². The van der Waals surface area contributed by atoms with Crippen molar-refractivity contribution in [1.29, 1.82) is 0 Å². The molecule has 3 heteroatoms. The van der Waals surface area contributed by atoms with Crippen LogP contribution in [0.3, 0.4) is 0 Å². The Balaban J connectivity index is 1.45. The van der Waals surface area contributed by atoms with Crippen molar-refractivity contribution < 1.29 is 9.63 Å². The van der Waals surface area contributed by atoms with Crippen LogP contribution < -0.4 is 0 Å². The molecule has 2 fully saturated rings. The van der Waals surface area contributed by atoms with E-state index in [9.17, 15) is 5.11 Å². The quantitative estimate of drug-likeness (QED) is 0.780. The van der Waals surface area contributed by atoms with Crippen LogP contribution in [0.1, 0.15) is 56.5 Å². The van der Waals surface area contributed by atoms with Crippen molar-refractivity contribution in [1.82, 2.24) is 5.16 Å². The maximum absolute atomic E-state index is 10.2. The third kappa shape index (κ3) is 2.98. The van der Waals surface area contributed by atoms with Crippen LogP contribution in [0, 0.1) is 37.0 Å². The third-order valence-electron chi connectivity index (χ3n) is 6.60. The molecule has 2 aromatic rings. The summed E-state index contributed by atoms with van der Waals surface area (Å²) in [4.78, 5) is 0. The molecule has 1 N–H and O–H groups in total. The van der Waals surface area contributed by atoms with Crippen molar-refractivity contribution >= 4 is 0 Å². The predicted molar refractivity (Wildman–Crippen MR) is 99.5 cm³/mol. The molecule has 0 atom stereocenters. The van der Waals surface area contributed by atoms with Gasteiger partial charge in [0.15, 0.2) is 0 Å². The molecule has 0 aliphatic heterocycles. The number of phenolic OH excluding ortho intramolecular Hbond substituents is 1. The first-order valence-corrected chi connectivity index (χ1v) is 9.61. The summed E-state index contributed by atoms with van der Waals surface area (Å²) in [6, 6.07) is 5.94. The van der Waals surface area contributed by atoms with Gasteiger partial charge in [-0.2, -0.15) is 0 Å². The van der Waals surface area contributed by atoms with Crippen molar-refractivity contribution in [3.8, 4) is 16.9 Å². The SMILES string of the molecule is Cc1noc(C)c1-c1cc(O)cc(CC2CC3(C2)CC(C(C)C)C3)c1. The molecule has 4 rings (SSSR count). The van der Waals surface area contributed by atoms with Gasteiger partial charge in [0.2, 0.25) is 0 Å². The highest BCUT2D eigenvalue weighted by atomic mass is 16.5. The lowest BCUT2D eigenvalue weighted by Crippen LogP contribution is -2.49. The molecule has 0 saturated heterocycles. The molecule has 134 valence electrons. The summed E-state index contributed by atoms with van der Waals surface area (Å²) in [5.74, 6) is 3.71. The molecule has 1 spiro atoms. The van der Waals surface area contributed by atoms with Gasteiger partial charge in [-0.05, 0) is 92.4 Å². The molecule has 2 aliphatic rings. The van der Waals surface area contributed by atoms with E-state index < -0.39 is 0 Å². The lowest BCUT2D eigenvalue weighted by atomic mass is 9.46. The normalized spacial score (nSPS) is 28.2. The number of aryl methyl sites for hydroxylation is 2. The summed E-state index contributed by atoms with van der Waals surface area (Å²) >= 11 is 0. The molecule has 0 radical (unpaired) electrons. The maximum atomic E-state index is 10.2. The largest absolute Gasteiger partial charge is 0.508 e. The second-order valence-corrected chi connectivity index (χ2v) is 8.98. The van der Waals surface area contributed by atoms with Crippen molar-refractivity contribution in [3.63, 3.8) is 0 Å². The van der Waals surface area contributed by atoms with E-state index in [4.69, 9.17) is 4.52 Å². The van der Waals surface area contributed by atoms with Gasteiger partial charge in [-0.3, -0.25) is 0 Å². The Morgan fingerprint density at radius 3 is 2.48 bits per heavy atom. The number of aromatic nitrogens is 1. The Morgan fingerprint density at radius 2 is 1.88 bits per heavy atom. The fourth-order valence-corrected chi connectivity index (χ4v) is 5.33. The van der Waals surface area contributed by atoms with E-state index in [0.29, 0.717) is 11.2 Å². The maximum Gasteiger partial charge on any atom is 0.141 e. The molecule has 1 aromatic heterocycles. The second kappa shape index (κ2) is 5.89. The zero-order chi connectivity index (χ0) is 17.8. The van der Waals surface area contributed by atoms with Gasteiger partial charge < -0.3 is 9.63 Å². The van der Waals surface area contributed by atoms with E-state index >= 15 is 0 Å². The smallest absolute Gasteiger partial charge is 0.141 e. The Hall–Kier alpha value is -1.77. The molecule has 2 aliphatic carbocycles. The first-order valence-electron chi connectivity index (χ1n) is 9.61. The number of benzene rings is 1. The van der Waals surface area contributed by atoms with Crippen LogP contribution in [-0.2, 0) is 6.42 Å². The fourth-order valence-electron chi connectivity index (χ4n) is 5.33. The average molecular weight is 339 g/mol. The molecule has 0 unspecified atom stereocenters. The highest BCUT2D eigenvalue weighted by Crippen LogP contribution is 2.63. The molecule has 1 aromatic carbocycles. The lowest BCUT2D eigenvalue weighted by molar-refractivity contribution is -0.0822. The van der Waals surface area contributed by atoms with Gasteiger partial charge in [0.05, 0.1) is 5.69 Å². The monoisotopic (exact) mass is 339 g/mol. The molecule has 0 bridgehead atoms. The summed E-state index contributed by atoms with van der Waals surface area (Å²) in [5.41, 5.74) is 4.81. The van der Waals surface area contributed by atoms with Gasteiger partial charge >= 0.3 is 0 Å².